The highest BCUT2D eigenvalue weighted by atomic mass is 19.4. The lowest BCUT2D eigenvalue weighted by Crippen LogP contribution is -2.41. The summed E-state index contributed by atoms with van der Waals surface area (Å²) in [7, 11) is 1.96. The van der Waals surface area contributed by atoms with Crippen LogP contribution in [0.1, 0.15) is 24.0 Å². The van der Waals surface area contributed by atoms with Crippen molar-refractivity contribution in [2.45, 2.75) is 38.4 Å². The van der Waals surface area contributed by atoms with Crippen molar-refractivity contribution in [3.8, 4) is 11.5 Å². The number of likely N-dealkylation sites (N-methyl/N-ethyl adjacent to an activating group) is 1. The standard InChI is InChI=1S/C21H23F3N2O3/c1-26-12-2-3-19(26)20(27)25-13-15-4-6-16(7-5-15)14-28-17-8-10-18(11-9-17)29-21(22,23)24/h4-11,19H,2-3,12-14H2,1H3,(H,25,27). The third-order valence-electron chi connectivity index (χ3n) is 4.78. The Morgan fingerprint density at radius 1 is 1.07 bits per heavy atom. The maximum atomic E-state index is 12.2. The van der Waals surface area contributed by atoms with Gasteiger partial charge in [-0.3, -0.25) is 9.69 Å². The number of benzene rings is 2. The molecule has 3 rings (SSSR count). The fraction of sp³-hybridized carbons (Fsp3) is 0.381. The van der Waals surface area contributed by atoms with Crippen molar-refractivity contribution in [3.05, 3.63) is 59.7 Å². The number of nitrogens with one attached hydrogen (secondary N) is 1. The lowest BCUT2D eigenvalue weighted by atomic mass is 10.1. The summed E-state index contributed by atoms with van der Waals surface area (Å²) in [4.78, 5) is 14.3. The van der Waals surface area contributed by atoms with Gasteiger partial charge in [0.2, 0.25) is 5.91 Å². The van der Waals surface area contributed by atoms with Crippen LogP contribution in [0.5, 0.6) is 11.5 Å². The van der Waals surface area contributed by atoms with Crippen molar-refractivity contribution in [2.75, 3.05) is 13.6 Å². The summed E-state index contributed by atoms with van der Waals surface area (Å²) < 4.78 is 45.9. The van der Waals surface area contributed by atoms with E-state index in [-0.39, 0.29) is 24.3 Å². The minimum atomic E-state index is -4.71. The first-order valence-electron chi connectivity index (χ1n) is 9.34. The van der Waals surface area contributed by atoms with Crippen LogP contribution < -0.4 is 14.8 Å². The Morgan fingerprint density at radius 2 is 1.69 bits per heavy atom. The van der Waals surface area contributed by atoms with E-state index in [1.54, 1.807) is 0 Å². The van der Waals surface area contributed by atoms with E-state index in [2.05, 4.69) is 15.0 Å². The van der Waals surface area contributed by atoms with Crippen LogP contribution in [0, 0.1) is 0 Å². The average molecular weight is 408 g/mol. The number of amides is 1. The number of likely N-dealkylation sites (tertiary alicyclic amines) is 1. The molecule has 0 radical (unpaired) electrons. The van der Waals surface area contributed by atoms with Crippen molar-refractivity contribution in [1.82, 2.24) is 10.2 Å². The zero-order valence-electron chi connectivity index (χ0n) is 16.0. The molecule has 2 aromatic rings. The fourth-order valence-corrected chi connectivity index (χ4v) is 3.21. The first kappa shape index (κ1) is 21.0. The van der Waals surface area contributed by atoms with Gasteiger partial charge in [0.25, 0.3) is 0 Å². The van der Waals surface area contributed by atoms with Gasteiger partial charge in [0.05, 0.1) is 6.04 Å². The number of rotatable bonds is 7. The summed E-state index contributed by atoms with van der Waals surface area (Å²) in [6.07, 6.45) is -2.78. The number of nitrogens with zero attached hydrogens (tertiary/aromatic N) is 1. The predicted octanol–water partition coefficient (Wildman–Crippen LogP) is 3.87. The minimum Gasteiger partial charge on any atom is -0.489 e. The molecule has 156 valence electrons. The van der Waals surface area contributed by atoms with Crippen LogP contribution in [0.15, 0.2) is 48.5 Å². The number of carbonyl (C=O) groups is 1. The molecule has 0 bridgehead atoms. The van der Waals surface area contributed by atoms with Crippen molar-refractivity contribution in [3.63, 3.8) is 0 Å². The van der Waals surface area contributed by atoms with Gasteiger partial charge < -0.3 is 14.8 Å². The SMILES string of the molecule is CN1CCCC1C(=O)NCc1ccc(COc2ccc(OC(F)(F)F)cc2)cc1. The molecule has 0 spiro atoms. The van der Waals surface area contributed by atoms with Crippen molar-refractivity contribution in [1.29, 1.82) is 0 Å². The molecule has 0 aliphatic carbocycles. The highest BCUT2D eigenvalue weighted by Crippen LogP contribution is 2.25. The third-order valence-corrected chi connectivity index (χ3v) is 4.78. The molecule has 1 aliphatic rings. The Kier molecular flexibility index (Phi) is 6.64. The Balaban J connectivity index is 1.45. The molecular formula is C21H23F3N2O3. The Morgan fingerprint density at radius 3 is 2.28 bits per heavy atom. The smallest absolute Gasteiger partial charge is 0.489 e. The van der Waals surface area contributed by atoms with E-state index in [9.17, 15) is 18.0 Å². The maximum Gasteiger partial charge on any atom is 0.573 e. The summed E-state index contributed by atoms with van der Waals surface area (Å²) in [5.41, 5.74) is 1.89. The second kappa shape index (κ2) is 9.17. The molecule has 29 heavy (non-hydrogen) atoms. The van der Waals surface area contributed by atoms with E-state index >= 15 is 0 Å². The zero-order valence-corrected chi connectivity index (χ0v) is 16.0. The van der Waals surface area contributed by atoms with Gasteiger partial charge in [-0.25, -0.2) is 0 Å². The normalized spacial score (nSPS) is 17.2. The van der Waals surface area contributed by atoms with E-state index in [1.807, 2.05) is 31.3 Å². The number of halogens is 3. The molecule has 1 unspecified atom stereocenters. The van der Waals surface area contributed by atoms with E-state index in [1.165, 1.54) is 24.3 Å². The summed E-state index contributed by atoms with van der Waals surface area (Å²) in [5.74, 6) is 0.201. The highest BCUT2D eigenvalue weighted by Gasteiger charge is 2.31. The first-order valence-corrected chi connectivity index (χ1v) is 9.34. The largest absolute Gasteiger partial charge is 0.573 e. The quantitative estimate of drug-likeness (QED) is 0.756. The van der Waals surface area contributed by atoms with Gasteiger partial charge in [-0.15, -0.1) is 13.2 Å². The second-order valence-electron chi connectivity index (χ2n) is 6.98. The Bertz CT molecular complexity index is 807. The van der Waals surface area contributed by atoms with Crippen LogP contribution in [-0.4, -0.2) is 36.8 Å². The van der Waals surface area contributed by atoms with Crippen LogP contribution in [0.3, 0.4) is 0 Å². The predicted molar refractivity (Wildman–Crippen MR) is 101 cm³/mol. The number of alkyl halides is 3. The van der Waals surface area contributed by atoms with Crippen LogP contribution in [0.4, 0.5) is 13.2 Å². The average Bonchev–Trinajstić information content (AvgIpc) is 3.11. The molecule has 0 saturated carbocycles. The first-order chi connectivity index (χ1) is 13.8. The third kappa shape index (κ3) is 6.39. The van der Waals surface area contributed by atoms with Crippen molar-refractivity contribution < 1.29 is 27.4 Å². The molecule has 1 saturated heterocycles. The molecule has 8 heteroatoms. The summed E-state index contributed by atoms with van der Waals surface area (Å²) in [6, 6.07) is 12.8. The Hall–Kier alpha value is -2.74. The lowest BCUT2D eigenvalue weighted by Gasteiger charge is -2.18. The van der Waals surface area contributed by atoms with Gasteiger partial charge in [0.1, 0.15) is 18.1 Å². The summed E-state index contributed by atoms with van der Waals surface area (Å²) in [6.45, 7) is 1.69. The molecule has 1 aliphatic heterocycles. The molecule has 1 fully saturated rings. The number of hydrogen-bond acceptors (Lipinski definition) is 4. The van der Waals surface area contributed by atoms with Crippen LogP contribution in [0.25, 0.3) is 0 Å². The zero-order chi connectivity index (χ0) is 20.9. The molecule has 1 atom stereocenters. The number of ether oxygens (including phenoxy) is 2. The van der Waals surface area contributed by atoms with Crippen molar-refractivity contribution >= 4 is 5.91 Å². The van der Waals surface area contributed by atoms with E-state index in [0.29, 0.717) is 12.3 Å². The Labute approximate surface area is 167 Å². The van der Waals surface area contributed by atoms with Gasteiger partial charge in [-0.2, -0.15) is 0 Å². The van der Waals surface area contributed by atoms with Crippen molar-refractivity contribution in [2.24, 2.45) is 0 Å². The number of hydrogen-bond donors (Lipinski definition) is 1. The molecule has 1 N–H and O–H groups in total. The molecular weight excluding hydrogens is 385 g/mol. The maximum absolute atomic E-state index is 12.2. The summed E-state index contributed by atoms with van der Waals surface area (Å²) in [5, 5.41) is 2.97. The highest BCUT2D eigenvalue weighted by molar-refractivity contribution is 5.81. The topological polar surface area (TPSA) is 50.8 Å². The number of carbonyl (C=O) groups excluding carboxylic acids is 1. The minimum absolute atomic E-state index is 0.0457. The van der Waals surface area contributed by atoms with Crippen LogP contribution in [0.2, 0.25) is 0 Å². The molecule has 5 nitrogen and oxygen atoms in total. The fourth-order valence-electron chi connectivity index (χ4n) is 3.21. The van der Waals surface area contributed by atoms with Crippen LogP contribution in [-0.2, 0) is 17.9 Å². The summed E-state index contributed by atoms with van der Waals surface area (Å²) >= 11 is 0. The molecule has 1 amide bonds. The van der Waals surface area contributed by atoms with E-state index < -0.39 is 6.36 Å². The van der Waals surface area contributed by atoms with E-state index in [0.717, 1.165) is 30.5 Å². The second-order valence-corrected chi connectivity index (χ2v) is 6.98. The lowest BCUT2D eigenvalue weighted by molar-refractivity contribution is -0.274. The van der Waals surface area contributed by atoms with Gasteiger partial charge in [0.15, 0.2) is 0 Å². The molecule has 2 aromatic carbocycles. The van der Waals surface area contributed by atoms with E-state index in [4.69, 9.17) is 4.74 Å². The van der Waals surface area contributed by atoms with Gasteiger partial charge in [0, 0.05) is 6.54 Å². The molecule has 0 aromatic heterocycles. The molecule has 1 heterocycles. The van der Waals surface area contributed by atoms with Crippen LogP contribution >= 0.6 is 0 Å². The van der Waals surface area contributed by atoms with Gasteiger partial charge in [-0.05, 0) is 61.8 Å². The monoisotopic (exact) mass is 408 g/mol. The van der Waals surface area contributed by atoms with Gasteiger partial charge in [-0.1, -0.05) is 24.3 Å². The van der Waals surface area contributed by atoms with Gasteiger partial charge >= 0.3 is 6.36 Å².